The van der Waals surface area contributed by atoms with Gasteiger partial charge in [-0.1, -0.05) is 13.0 Å². The van der Waals surface area contributed by atoms with Crippen molar-refractivity contribution in [1.82, 2.24) is 30.1 Å². The normalized spacial score (nSPS) is 13.7. The highest BCUT2D eigenvalue weighted by Crippen LogP contribution is 2.39. The number of rotatable bonds is 11. The molecule has 4 N–H and O–H groups in total. The molecule has 1 aliphatic heterocycles. The summed E-state index contributed by atoms with van der Waals surface area (Å²) in [6.07, 6.45) is 1.21. The van der Waals surface area contributed by atoms with E-state index in [9.17, 15) is 32.7 Å². The number of benzene rings is 1. The van der Waals surface area contributed by atoms with Crippen molar-refractivity contribution in [3.8, 4) is 21.7 Å². The van der Waals surface area contributed by atoms with Crippen molar-refractivity contribution in [2.24, 2.45) is 0 Å². The number of aliphatic hydroxyl groups excluding tert-OH is 1. The second-order valence-corrected chi connectivity index (χ2v) is 11.7. The molecule has 0 unspecified atom stereocenters. The summed E-state index contributed by atoms with van der Waals surface area (Å²) in [7, 11) is 0. The Morgan fingerprint density at radius 3 is 2.54 bits per heavy atom. The zero-order chi connectivity index (χ0) is 32.8. The number of thiazole rings is 1. The monoisotopic (exact) mass is 657 g/mol. The summed E-state index contributed by atoms with van der Waals surface area (Å²) in [6, 6.07) is 5.99. The number of carbonyl (C=O) groups is 2. The van der Waals surface area contributed by atoms with Gasteiger partial charge in [0, 0.05) is 60.5 Å². The second-order valence-electron chi connectivity index (χ2n) is 10.9. The van der Waals surface area contributed by atoms with E-state index in [-0.39, 0.29) is 40.5 Å². The maximum atomic E-state index is 13.7. The Morgan fingerprint density at radius 2 is 1.85 bits per heavy atom. The van der Waals surface area contributed by atoms with Gasteiger partial charge in [-0.15, -0.1) is 11.3 Å². The predicted octanol–water partition coefficient (Wildman–Crippen LogP) is 4.56. The van der Waals surface area contributed by atoms with Gasteiger partial charge in [0.15, 0.2) is 5.69 Å². The van der Waals surface area contributed by atoms with Gasteiger partial charge < -0.3 is 25.2 Å². The molecule has 0 spiro atoms. The molecule has 3 amide bonds. The summed E-state index contributed by atoms with van der Waals surface area (Å²) in [6.45, 7) is 5.18. The third-order valence-electron chi connectivity index (χ3n) is 7.60. The summed E-state index contributed by atoms with van der Waals surface area (Å²) in [5.41, 5.74) is 0.0133. The average Bonchev–Trinajstić information content (AvgIpc) is 3.75. The third-order valence-corrected chi connectivity index (χ3v) is 8.47. The van der Waals surface area contributed by atoms with E-state index in [0.717, 1.165) is 49.2 Å². The van der Waals surface area contributed by atoms with Gasteiger partial charge in [0.2, 0.25) is 5.43 Å². The molecule has 1 saturated heterocycles. The number of amides is 3. The highest BCUT2D eigenvalue weighted by Gasteiger charge is 2.34. The zero-order valence-electron chi connectivity index (χ0n) is 25.1. The van der Waals surface area contributed by atoms with Crippen molar-refractivity contribution >= 4 is 40.0 Å². The molecule has 46 heavy (non-hydrogen) atoms. The van der Waals surface area contributed by atoms with Gasteiger partial charge in [-0.05, 0) is 56.1 Å². The van der Waals surface area contributed by atoms with E-state index in [0.29, 0.717) is 36.2 Å². The number of aliphatic hydroxyl groups is 1. The maximum Gasteiger partial charge on any atom is 0.434 e. The van der Waals surface area contributed by atoms with Crippen molar-refractivity contribution in [3.05, 3.63) is 63.5 Å². The zero-order valence-corrected chi connectivity index (χ0v) is 25.9. The quantitative estimate of drug-likeness (QED) is 0.185. The van der Waals surface area contributed by atoms with Gasteiger partial charge in [0.25, 0.3) is 5.91 Å². The highest BCUT2D eigenvalue weighted by molar-refractivity contribution is 7.13. The molecule has 4 heterocycles. The van der Waals surface area contributed by atoms with Crippen LogP contribution >= 0.6 is 11.3 Å². The summed E-state index contributed by atoms with van der Waals surface area (Å²) < 4.78 is 42.3. The number of hydrogen-bond acceptors (Lipinski definition) is 8. The molecule has 4 aromatic rings. The van der Waals surface area contributed by atoms with Crippen LogP contribution in [-0.2, 0) is 12.7 Å². The highest BCUT2D eigenvalue weighted by atomic mass is 32.1. The number of fused-ring (bicyclic) bond motifs is 1. The number of nitrogens with zero attached hydrogens (tertiary/aromatic N) is 4. The smallest absolute Gasteiger partial charge is 0.395 e. The number of alkyl halides is 3. The number of likely N-dealkylation sites (tertiary alicyclic amines) is 1. The van der Waals surface area contributed by atoms with Gasteiger partial charge in [0.1, 0.15) is 16.4 Å². The fourth-order valence-corrected chi connectivity index (χ4v) is 6.15. The van der Waals surface area contributed by atoms with Crippen LogP contribution in [0.5, 0.6) is 0 Å². The van der Waals surface area contributed by atoms with Crippen LogP contribution in [0.25, 0.3) is 32.6 Å². The first-order valence-corrected chi connectivity index (χ1v) is 15.8. The molecule has 0 atom stereocenters. The fourth-order valence-electron chi connectivity index (χ4n) is 5.29. The van der Waals surface area contributed by atoms with E-state index < -0.39 is 29.2 Å². The van der Waals surface area contributed by atoms with Crippen LogP contribution in [0, 0.1) is 0 Å². The summed E-state index contributed by atoms with van der Waals surface area (Å²) in [5, 5.41) is 18.2. The number of carbonyl (C=O) groups excluding carboxylic acids is 2. The van der Waals surface area contributed by atoms with E-state index in [1.54, 1.807) is 18.2 Å². The lowest BCUT2D eigenvalue weighted by Crippen LogP contribution is -2.32. The fraction of sp³-hybridized carbons (Fsp3) is 0.387. The molecule has 11 nitrogen and oxygen atoms in total. The Balaban J connectivity index is 1.62. The topological polar surface area (TPSA) is 141 Å². The van der Waals surface area contributed by atoms with Crippen LogP contribution in [0.15, 0.2) is 46.8 Å². The van der Waals surface area contributed by atoms with Gasteiger partial charge in [-0.3, -0.25) is 14.9 Å². The number of anilines is 1. The first-order chi connectivity index (χ1) is 22.1. The molecule has 0 aliphatic carbocycles. The third kappa shape index (κ3) is 7.54. The van der Waals surface area contributed by atoms with Crippen molar-refractivity contribution in [2.75, 3.05) is 44.6 Å². The van der Waals surface area contributed by atoms with Crippen LogP contribution in [0.2, 0.25) is 0 Å². The number of hydrogen-bond donors (Lipinski definition) is 4. The largest absolute Gasteiger partial charge is 0.434 e. The molecule has 1 fully saturated rings. The van der Waals surface area contributed by atoms with E-state index in [1.165, 1.54) is 18.5 Å². The van der Waals surface area contributed by atoms with Crippen LogP contribution < -0.4 is 21.4 Å². The van der Waals surface area contributed by atoms with Crippen molar-refractivity contribution in [3.63, 3.8) is 0 Å². The first kappa shape index (κ1) is 33.0. The number of pyridine rings is 2. The van der Waals surface area contributed by atoms with E-state index in [4.69, 9.17) is 0 Å². The molecule has 1 aromatic carbocycles. The molecule has 0 radical (unpaired) electrons. The summed E-state index contributed by atoms with van der Waals surface area (Å²) in [5.74, 6) is -0.521. The van der Waals surface area contributed by atoms with Crippen LogP contribution in [0.1, 0.15) is 42.2 Å². The van der Waals surface area contributed by atoms with Crippen molar-refractivity contribution < 1.29 is 27.9 Å². The number of urea groups is 1. The van der Waals surface area contributed by atoms with Gasteiger partial charge >= 0.3 is 12.2 Å². The van der Waals surface area contributed by atoms with Gasteiger partial charge in [-0.25, -0.2) is 14.8 Å². The van der Waals surface area contributed by atoms with E-state index in [2.05, 4.69) is 30.8 Å². The molecule has 244 valence electrons. The average molecular weight is 658 g/mol. The van der Waals surface area contributed by atoms with Gasteiger partial charge in [-0.2, -0.15) is 13.2 Å². The molecule has 15 heteroatoms. The van der Waals surface area contributed by atoms with E-state index in [1.807, 2.05) is 11.5 Å². The Kier molecular flexibility index (Phi) is 10.3. The standard InChI is InChI=1S/C31H34F3N7O4S/c1-2-7-36-30(45)39-26-15-20(29-38-25(18-46-29)31(32,33)34)22(16-37-26)19-5-6-24-21(14-19)27(43)23(28(44)35-8-13-42)17-41(24)12-11-40-9-3-4-10-40/h5-6,14-18,42H,2-4,7-13H2,1H3,(H,35,44)(H2,36,37,39,45). The summed E-state index contributed by atoms with van der Waals surface area (Å²) in [4.78, 5) is 49.4. The first-order valence-electron chi connectivity index (χ1n) is 15.0. The second kappa shape index (κ2) is 14.4. The SMILES string of the molecule is CCCNC(=O)Nc1cc(-c2nc(C(F)(F)F)cs2)c(-c2ccc3c(c2)c(=O)c(C(=O)NCCO)cn3CCN2CCCC2)cn1. The Labute approximate surface area is 266 Å². The number of halogens is 3. The molecule has 5 rings (SSSR count). The Morgan fingerprint density at radius 1 is 1.07 bits per heavy atom. The summed E-state index contributed by atoms with van der Waals surface area (Å²) >= 11 is 0.791. The Hall–Kier alpha value is -4.34. The molecule has 1 aliphatic rings. The minimum Gasteiger partial charge on any atom is -0.395 e. The molecular weight excluding hydrogens is 623 g/mol. The van der Waals surface area contributed by atoms with Crippen LogP contribution in [0.4, 0.5) is 23.8 Å². The van der Waals surface area contributed by atoms with Gasteiger partial charge in [0.05, 0.1) is 12.1 Å². The molecule has 0 saturated carbocycles. The number of nitrogens with one attached hydrogen (secondary N) is 3. The Bertz CT molecular complexity index is 1780. The lowest BCUT2D eigenvalue weighted by atomic mass is 9.99. The van der Waals surface area contributed by atoms with Crippen LogP contribution in [0.3, 0.4) is 0 Å². The molecule has 3 aromatic heterocycles. The van der Waals surface area contributed by atoms with E-state index >= 15 is 0 Å². The predicted molar refractivity (Wildman–Crippen MR) is 170 cm³/mol. The lowest BCUT2D eigenvalue weighted by molar-refractivity contribution is -0.140. The van der Waals surface area contributed by atoms with Crippen LogP contribution in [-0.4, -0.2) is 75.8 Å². The lowest BCUT2D eigenvalue weighted by Gasteiger charge is -2.19. The van der Waals surface area contributed by atoms with Crippen molar-refractivity contribution in [1.29, 1.82) is 0 Å². The minimum absolute atomic E-state index is 0.0241. The molecular formula is C31H34F3N7O4S. The molecule has 0 bridgehead atoms. The maximum absolute atomic E-state index is 13.7. The number of aromatic nitrogens is 3. The minimum atomic E-state index is -4.65. The van der Waals surface area contributed by atoms with Crippen molar-refractivity contribution in [2.45, 2.75) is 38.9 Å².